The highest BCUT2D eigenvalue weighted by Gasteiger charge is 2.12. The minimum Gasteiger partial charge on any atom is -0.342 e. The molecule has 3 aromatic rings. The van der Waals surface area contributed by atoms with Crippen molar-refractivity contribution < 1.29 is 4.52 Å². The fourth-order valence-corrected chi connectivity index (χ4v) is 2.75. The van der Waals surface area contributed by atoms with Crippen LogP contribution in [0.5, 0.6) is 0 Å². The molecule has 3 rings (SSSR count). The van der Waals surface area contributed by atoms with E-state index in [1.807, 2.05) is 37.1 Å². The summed E-state index contributed by atoms with van der Waals surface area (Å²) >= 11 is 1.61. The van der Waals surface area contributed by atoms with E-state index in [-0.39, 0.29) is 0 Å². The highest BCUT2D eigenvalue weighted by Crippen LogP contribution is 2.27. The second-order valence-corrected chi connectivity index (χ2v) is 5.53. The summed E-state index contributed by atoms with van der Waals surface area (Å²) in [5, 5.41) is 6.90. The average Bonchev–Trinajstić information content (AvgIpc) is 3.17. The van der Waals surface area contributed by atoms with E-state index in [9.17, 15) is 0 Å². The Morgan fingerprint density at radius 2 is 2.00 bits per heavy atom. The topological polar surface area (TPSA) is 55.1 Å². The molecule has 0 aliphatic carbocycles. The second-order valence-electron chi connectivity index (χ2n) is 4.70. The lowest BCUT2D eigenvalue weighted by atomic mass is 10.2. The Morgan fingerprint density at radius 3 is 2.71 bits per heavy atom. The van der Waals surface area contributed by atoms with Gasteiger partial charge in [-0.15, -0.1) is 11.3 Å². The lowest BCUT2D eigenvalue weighted by Crippen LogP contribution is -2.16. The Labute approximate surface area is 127 Å². The van der Waals surface area contributed by atoms with E-state index >= 15 is 0 Å². The summed E-state index contributed by atoms with van der Waals surface area (Å²) in [7, 11) is 1.98. The zero-order valence-corrected chi connectivity index (χ0v) is 12.8. The van der Waals surface area contributed by atoms with Crippen LogP contribution in [-0.4, -0.2) is 22.2 Å². The quantitative estimate of drug-likeness (QED) is 0.723. The van der Waals surface area contributed by atoms with Crippen molar-refractivity contribution in [2.45, 2.75) is 19.9 Å². The number of hydrogen-bond acceptors (Lipinski definition) is 6. The first-order chi connectivity index (χ1) is 10.3. The molecule has 0 amide bonds. The van der Waals surface area contributed by atoms with Gasteiger partial charge in [0.1, 0.15) is 0 Å². The van der Waals surface area contributed by atoms with Crippen LogP contribution in [0.25, 0.3) is 11.3 Å². The molecule has 0 fully saturated rings. The minimum atomic E-state index is 0.564. The Bertz CT molecular complexity index is 707. The van der Waals surface area contributed by atoms with Crippen molar-refractivity contribution in [3.8, 4) is 11.3 Å². The number of aryl methyl sites for hydroxylation is 1. The maximum atomic E-state index is 5.21. The molecule has 108 valence electrons. The monoisotopic (exact) mass is 300 g/mol. The van der Waals surface area contributed by atoms with E-state index in [4.69, 9.17) is 4.52 Å². The van der Waals surface area contributed by atoms with Crippen LogP contribution in [0.3, 0.4) is 0 Å². The van der Waals surface area contributed by atoms with Crippen LogP contribution in [0.15, 0.2) is 40.2 Å². The second kappa shape index (κ2) is 6.05. The van der Waals surface area contributed by atoms with Crippen molar-refractivity contribution in [1.82, 2.24) is 15.1 Å². The normalized spacial score (nSPS) is 10.8. The van der Waals surface area contributed by atoms with Crippen molar-refractivity contribution in [1.29, 1.82) is 0 Å². The fraction of sp³-hybridized carbons (Fsp3) is 0.267. The van der Waals surface area contributed by atoms with Crippen molar-refractivity contribution in [2.75, 3.05) is 11.9 Å². The molecule has 6 heteroatoms. The maximum absolute atomic E-state index is 5.21. The van der Waals surface area contributed by atoms with Gasteiger partial charge >= 0.3 is 0 Å². The third-order valence-corrected chi connectivity index (χ3v) is 4.04. The molecule has 2 heterocycles. The van der Waals surface area contributed by atoms with Crippen LogP contribution in [-0.2, 0) is 13.0 Å². The van der Waals surface area contributed by atoms with E-state index in [1.54, 1.807) is 11.3 Å². The highest BCUT2D eigenvalue weighted by atomic mass is 32.1. The lowest BCUT2D eigenvalue weighted by Gasteiger charge is -2.12. The van der Waals surface area contributed by atoms with Crippen molar-refractivity contribution in [3.05, 3.63) is 47.4 Å². The number of thiazole rings is 1. The standard InChI is InChI=1S/C15H16N4OS/c1-3-13-17-14(20-18-13)9-19(2)15-16-12(10-21-15)11-7-5-4-6-8-11/h4-8,10H,3,9H2,1-2H3. The van der Waals surface area contributed by atoms with Crippen LogP contribution < -0.4 is 4.90 Å². The lowest BCUT2D eigenvalue weighted by molar-refractivity contribution is 0.373. The van der Waals surface area contributed by atoms with Crippen molar-refractivity contribution in [2.24, 2.45) is 0 Å². The molecular formula is C15H16N4OS. The number of anilines is 1. The van der Waals surface area contributed by atoms with Gasteiger partial charge in [-0.2, -0.15) is 4.98 Å². The third-order valence-electron chi connectivity index (χ3n) is 3.09. The van der Waals surface area contributed by atoms with E-state index in [0.29, 0.717) is 12.4 Å². The molecule has 0 saturated heterocycles. The van der Waals surface area contributed by atoms with E-state index < -0.39 is 0 Å². The van der Waals surface area contributed by atoms with Gasteiger partial charge in [0.05, 0.1) is 12.2 Å². The molecule has 0 aliphatic heterocycles. The van der Waals surface area contributed by atoms with E-state index in [1.165, 1.54) is 0 Å². The van der Waals surface area contributed by atoms with Gasteiger partial charge in [-0.05, 0) is 0 Å². The number of hydrogen-bond donors (Lipinski definition) is 0. The Kier molecular flexibility index (Phi) is 3.96. The Hall–Kier alpha value is -2.21. The van der Waals surface area contributed by atoms with Crippen LogP contribution in [0.2, 0.25) is 0 Å². The molecule has 0 unspecified atom stereocenters. The number of nitrogens with zero attached hydrogens (tertiary/aromatic N) is 4. The molecule has 0 saturated carbocycles. The zero-order chi connectivity index (χ0) is 14.7. The predicted octanol–water partition coefficient (Wildman–Crippen LogP) is 3.39. The molecule has 0 aliphatic rings. The predicted molar refractivity (Wildman–Crippen MR) is 83.3 cm³/mol. The summed E-state index contributed by atoms with van der Waals surface area (Å²) in [5.74, 6) is 1.35. The van der Waals surface area contributed by atoms with Gasteiger partial charge < -0.3 is 9.42 Å². The number of rotatable bonds is 5. The van der Waals surface area contributed by atoms with Crippen LogP contribution in [0.4, 0.5) is 5.13 Å². The van der Waals surface area contributed by atoms with Gasteiger partial charge in [-0.3, -0.25) is 0 Å². The molecule has 1 aromatic carbocycles. The first-order valence-corrected chi connectivity index (χ1v) is 7.67. The molecule has 0 bridgehead atoms. The van der Waals surface area contributed by atoms with Gasteiger partial charge in [0, 0.05) is 24.4 Å². The van der Waals surface area contributed by atoms with Crippen LogP contribution >= 0.6 is 11.3 Å². The molecule has 21 heavy (non-hydrogen) atoms. The summed E-state index contributed by atoms with van der Waals surface area (Å²) in [6.45, 7) is 2.57. The third kappa shape index (κ3) is 3.11. The van der Waals surface area contributed by atoms with Gasteiger partial charge in [0.2, 0.25) is 5.89 Å². The zero-order valence-electron chi connectivity index (χ0n) is 12.0. The average molecular weight is 300 g/mol. The molecule has 2 aromatic heterocycles. The highest BCUT2D eigenvalue weighted by molar-refractivity contribution is 7.14. The van der Waals surface area contributed by atoms with Crippen molar-refractivity contribution in [3.63, 3.8) is 0 Å². The molecule has 0 atom stereocenters. The van der Waals surface area contributed by atoms with Crippen LogP contribution in [0, 0.1) is 0 Å². The van der Waals surface area contributed by atoms with Gasteiger partial charge in [0.15, 0.2) is 11.0 Å². The van der Waals surface area contributed by atoms with Crippen molar-refractivity contribution >= 4 is 16.5 Å². The van der Waals surface area contributed by atoms with E-state index in [2.05, 4.69) is 32.6 Å². The first kappa shape index (κ1) is 13.8. The van der Waals surface area contributed by atoms with Gasteiger partial charge in [0.25, 0.3) is 0 Å². The van der Waals surface area contributed by atoms with Gasteiger partial charge in [-0.1, -0.05) is 42.4 Å². The molecule has 0 N–H and O–H groups in total. The summed E-state index contributed by atoms with van der Waals surface area (Å²) < 4.78 is 5.21. The molecular weight excluding hydrogens is 284 g/mol. The minimum absolute atomic E-state index is 0.564. The maximum Gasteiger partial charge on any atom is 0.246 e. The van der Waals surface area contributed by atoms with E-state index in [0.717, 1.165) is 28.6 Å². The largest absolute Gasteiger partial charge is 0.342 e. The Balaban J connectivity index is 1.73. The fourth-order valence-electron chi connectivity index (χ4n) is 1.95. The number of benzene rings is 1. The number of aromatic nitrogens is 3. The van der Waals surface area contributed by atoms with Gasteiger partial charge in [-0.25, -0.2) is 4.98 Å². The Morgan fingerprint density at radius 1 is 1.19 bits per heavy atom. The van der Waals surface area contributed by atoms with Crippen LogP contribution in [0.1, 0.15) is 18.6 Å². The summed E-state index contributed by atoms with van der Waals surface area (Å²) in [6.07, 6.45) is 0.780. The summed E-state index contributed by atoms with van der Waals surface area (Å²) in [5.41, 5.74) is 2.11. The summed E-state index contributed by atoms with van der Waals surface area (Å²) in [6, 6.07) is 10.2. The molecule has 0 spiro atoms. The molecule has 5 nitrogen and oxygen atoms in total. The SMILES string of the molecule is CCc1noc(CN(C)c2nc(-c3ccccc3)cs2)n1. The molecule has 0 radical (unpaired) electrons. The summed E-state index contributed by atoms with van der Waals surface area (Å²) in [4.78, 5) is 11.0. The first-order valence-electron chi connectivity index (χ1n) is 6.80. The smallest absolute Gasteiger partial charge is 0.246 e.